The second-order valence-corrected chi connectivity index (χ2v) is 6.28. The Hall–Kier alpha value is -1.04. The summed E-state index contributed by atoms with van der Waals surface area (Å²) in [5.41, 5.74) is -0.596. The number of carbonyl (C=O) groups excluding carboxylic acids is 1. The highest BCUT2D eigenvalue weighted by molar-refractivity contribution is 5.66. The van der Waals surface area contributed by atoms with E-state index in [1.165, 1.54) is 6.92 Å². The van der Waals surface area contributed by atoms with Gasteiger partial charge < -0.3 is 4.74 Å². The lowest BCUT2D eigenvalue weighted by Crippen LogP contribution is -2.39. The SMILES string of the molecule is CCC(C)(C#N)C(C)(C)CC(OC(C)=O)C(C)C. The van der Waals surface area contributed by atoms with Gasteiger partial charge >= 0.3 is 5.97 Å². The Morgan fingerprint density at radius 2 is 1.83 bits per heavy atom. The summed E-state index contributed by atoms with van der Waals surface area (Å²) in [6.07, 6.45) is 1.38. The molecule has 0 bridgehead atoms. The summed E-state index contributed by atoms with van der Waals surface area (Å²) in [5.74, 6) is 0.00707. The number of hydrogen-bond acceptors (Lipinski definition) is 3. The Labute approximate surface area is 112 Å². The van der Waals surface area contributed by atoms with Crippen LogP contribution in [0.3, 0.4) is 0 Å². The van der Waals surface area contributed by atoms with Crippen LogP contribution >= 0.6 is 0 Å². The second kappa shape index (κ2) is 6.22. The number of rotatable bonds is 6. The summed E-state index contributed by atoms with van der Waals surface area (Å²) in [6, 6.07) is 2.43. The monoisotopic (exact) mass is 253 g/mol. The van der Waals surface area contributed by atoms with Gasteiger partial charge in [0.15, 0.2) is 0 Å². The number of carbonyl (C=O) groups is 1. The third-order valence-electron chi connectivity index (χ3n) is 4.22. The summed E-state index contributed by atoms with van der Waals surface area (Å²) < 4.78 is 5.38. The minimum absolute atomic E-state index is 0.128. The molecular weight excluding hydrogens is 226 g/mol. The molecule has 0 aromatic rings. The zero-order valence-electron chi connectivity index (χ0n) is 12.8. The Balaban J connectivity index is 5.02. The van der Waals surface area contributed by atoms with Crippen LogP contribution in [0, 0.1) is 28.1 Å². The second-order valence-electron chi connectivity index (χ2n) is 6.28. The quantitative estimate of drug-likeness (QED) is 0.674. The average Bonchev–Trinajstić information content (AvgIpc) is 2.25. The van der Waals surface area contributed by atoms with Crippen LogP contribution in [0.1, 0.15) is 61.3 Å². The van der Waals surface area contributed by atoms with Gasteiger partial charge in [0.25, 0.3) is 0 Å². The standard InChI is InChI=1S/C15H27NO2/c1-8-15(7,10-16)14(5,6)9-13(11(2)3)18-12(4)17/h11,13H,8-9H2,1-7H3. The first-order valence-corrected chi connectivity index (χ1v) is 6.68. The Morgan fingerprint density at radius 3 is 2.11 bits per heavy atom. The van der Waals surface area contributed by atoms with Crippen molar-refractivity contribution in [2.45, 2.75) is 67.4 Å². The molecule has 0 spiro atoms. The van der Waals surface area contributed by atoms with E-state index in [1.54, 1.807) is 0 Å². The minimum atomic E-state index is -0.402. The zero-order chi connectivity index (χ0) is 14.6. The van der Waals surface area contributed by atoms with Crippen molar-refractivity contribution in [1.29, 1.82) is 5.26 Å². The molecule has 0 saturated heterocycles. The van der Waals surface area contributed by atoms with Crippen molar-refractivity contribution in [1.82, 2.24) is 0 Å². The average molecular weight is 253 g/mol. The van der Waals surface area contributed by atoms with E-state index < -0.39 is 5.41 Å². The van der Waals surface area contributed by atoms with E-state index in [1.807, 2.05) is 27.7 Å². The summed E-state index contributed by atoms with van der Waals surface area (Å²) in [4.78, 5) is 11.1. The highest BCUT2D eigenvalue weighted by Crippen LogP contribution is 2.45. The maximum atomic E-state index is 11.1. The van der Waals surface area contributed by atoms with E-state index in [0.717, 1.165) is 6.42 Å². The molecule has 0 aromatic carbocycles. The van der Waals surface area contributed by atoms with Crippen LogP contribution in [-0.2, 0) is 9.53 Å². The summed E-state index contributed by atoms with van der Waals surface area (Å²) >= 11 is 0. The largest absolute Gasteiger partial charge is 0.462 e. The predicted octanol–water partition coefficient (Wildman–Crippen LogP) is 3.93. The molecule has 0 amide bonds. The highest BCUT2D eigenvalue weighted by atomic mass is 16.5. The van der Waals surface area contributed by atoms with Crippen molar-refractivity contribution in [2.24, 2.45) is 16.7 Å². The van der Waals surface area contributed by atoms with E-state index in [2.05, 4.69) is 19.9 Å². The molecule has 2 unspecified atom stereocenters. The Kier molecular flexibility index (Phi) is 5.86. The van der Waals surface area contributed by atoms with E-state index in [4.69, 9.17) is 4.74 Å². The summed E-state index contributed by atoms with van der Waals surface area (Å²) in [5, 5.41) is 9.40. The molecule has 18 heavy (non-hydrogen) atoms. The van der Waals surface area contributed by atoms with Gasteiger partial charge in [0.05, 0.1) is 11.5 Å². The van der Waals surface area contributed by atoms with Gasteiger partial charge in [-0.15, -0.1) is 0 Å². The molecule has 104 valence electrons. The van der Waals surface area contributed by atoms with Crippen LogP contribution in [0.5, 0.6) is 0 Å². The van der Waals surface area contributed by atoms with Crippen molar-refractivity contribution in [3.63, 3.8) is 0 Å². The number of esters is 1. The van der Waals surface area contributed by atoms with Crippen LogP contribution in [0.25, 0.3) is 0 Å². The van der Waals surface area contributed by atoms with Gasteiger partial charge in [-0.1, -0.05) is 34.6 Å². The maximum absolute atomic E-state index is 11.1. The Morgan fingerprint density at radius 1 is 1.33 bits per heavy atom. The third-order valence-corrected chi connectivity index (χ3v) is 4.22. The maximum Gasteiger partial charge on any atom is 0.302 e. The van der Waals surface area contributed by atoms with Crippen molar-refractivity contribution in [3.8, 4) is 6.07 Å². The lowest BCUT2D eigenvalue weighted by atomic mass is 9.63. The molecule has 0 heterocycles. The molecule has 0 aliphatic carbocycles. The number of ether oxygens (including phenoxy) is 1. The van der Waals surface area contributed by atoms with Crippen LogP contribution in [-0.4, -0.2) is 12.1 Å². The van der Waals surface area contributed by atoms with E-state index in [9.17, 15) is 10.1 Å². The van der Waals surface area contributed by atoms with E-state index in [-0.39, 0.29) is 23.4 Å². The number of nitrogens with zero attached hydrogens (tertiary/aromatic N) is 1. The molecular formula is C15H27NO2. The lowest BCUT2D eigenvalue weighted by Gasteiger charge is -2.41. The van der Waals surface area contributed by atoms with Crippen LogP contribution in [0.2, 0.25) is 0 Å². The highest BCUT2D eigenvalue weighted by Gasteiger charge is 2.42. The molecule has 0 N–H and O–H groups in total. The normalized spacial score (nSPS) is 16.8. The van der Waals surface area contributed by atoms with E-state index >= 15 is 0 Å². The topological polar surface area (TPSA) is 50.1 Å². The summed E-state index contributed by atoms with van der Waals surface area (Å²) in [6.45, 7) is 13.7. The van der Waals surface area contributed by atoms with Gasteiger partial charge in [-0.25, -0.2) is 0 Å². The molecule has 3 nitrogen and oxygen atoms in total. The zero-order valence-corrected chi connectivity index (χ0v) is 12.8. The molecule has 0 saturated carbocycles. The molecule has 2 atom stereocenters. The van der Waals surface area contributed by atoms with Crippen LogP contribution < -0.4 is 0 Å². The van der Waals surface area contributed by atoms with Gasteiger partial charge in [-0.2, -0.15) is 5.26 Å². The first-order chi connectivity index (χ1) is 8.09. The number of hydrogen-bond donors (Lipinski definition) is 0. The fourth-order valence-electron chi connectivity index (χ4n) is 2.06. The van der Waals surface area contributed by atoms with Gasteiger partial charge in [-0.3, -0.25) is 4.79 Å². The molecule has 0 fully saturated rings. The lowest BCUT2D eigenvalue weighted by molar-refractivity contribution is -0.151. The van der Waals surface area contributed by atoms with Crippen molar-refractivity contribution in [2.75, 3.05) is 0 Å². The predicted molar refractivity (Wildman–Crippen MR) is 72.8 cm³/mol. The first kappa shape index (κ1) is 17.0. The summed E-state index contributed by atoms with van der Waals surface area (Å²) in [7, 11) is 0. The fraction of sp³-hybridized carbons (Fsp3) is 0.867. The third kappa shape index (κ3) is 4.01. The van der Waals surface area contributed by atoms with E-state index in [0.29, 0.717) is 6.42 Å². The Bertz CT molecular complexity index is 328. The van der Waals surface area contributed by atoms with Crippen LogP contribution in [0.4, 0.5) is 0 Å². The van der Waals surface area contributed by atoms with Gasteiger partial charge in [0.1, 0.15) is 6.10 Å². The fourth-order valence-corrected chi connectivity index (χ4v) is 2.06. The van der Waals surface area contributed by atoms with Crippen molar-refractivity contribution < 1.29 is 9.53 Å². The van der Waals surface area contributed by atoms with Gasteiger partial charge in [0.2, 0.25) is 0 Å². The smallest absolute Gasteiger partial charge is 0.302 e. The van der Waals surface area contributed by atoms with Crippen molar-refractivity contribution >= 4 is 5.97 Å². The molecule has 0 aromatic heterocycles. The molecule has 0 rings (SSSR count). The van der Waals surface area contributed by atoms with Gasteiger partial charge in [-0.05, 0) is 31.1 Å². The van der Waals surface area contributed by atoms with Crippen LogP contribution in [0.15, 0.2) is 0 Å². The molecule has 0 radical (unpaired) electrons. The van der Waals surface area contributed by atoms with Gasteiger partial charge in [0, 0.05) is 6.92 Å². The minimum Gasteiger partial charge on any atom is -0.462 e. The molecule has 3 heteroatoms. The first-order valence-electron chi connectivity index (χ1n) is 6.68. The molecule has 0 aliphatic rings. The molecule has 0 aliphatic heterocycles. The van der Waals surface area contributed by atoms with Crippen molar-refractivity contribution in [3.05, 3.63) is 0 Å². The number of nitriles is 1.